The summed E-state index contributed by atoms with van der Waals surface area (Å²) in [6, 6.07) is 3.35. The van der Waals surface area contributed by atoms with Gasteiger partial charge in [0.2, 0.25) is 0 Å². The Balaban J connectivity index is 2.27. The van der Waals surface area contributed by atoms with Crippen molar-refractivity contribution in [2.45, 2.75) is 44.2 Å². The van der Waals surface area contributed by atoms with Crippen LogP contribution in [0, 0.1) is 5.92 Å². The Labute approximate surface area is 114 Å². The van der Waals surface area contributed by atoms with Crippen molar-refractivity contribution >= 4 is 15.7 Å². The van der Waals surface area contributed by atoms with E-state index in [4.69, 9.17) is 5.73 Å². The summed E-state index contributed by atoms with van der Waals surface area (Å²) in [5.74, 6) is 0.470. The molecule has 106 valence electrons. The number of rotatable bonds is 6. The molecule has 0 saturated heterocycles. The number of hydrogen-bond donors (Lipinski definition) is 1. The Morgan fingerprint density at radius 1 is 1.47 bits per heavy atom. The number of anilines is 1. The van der Waals surface area contributed by atoms with E-state index in [1.807, 2.05) is 0 Å². The van der Waals surface area contributed by atoms with Crippen molar-refractivity contribution in [3.63, 3.8) is 0 Å². The van der Waals surface area contributed by atoms with Crippen molar-refractivity contribution in [3.8, 4) is 0 Å². The molecule has 1 aromatic heterocycles. The third kappa shape index (κ3) is 3.25. The van der Waals surface area contributed by atoms with Gasteiger partial charge in [-0.2, -0.15) is 4.31 Å². The molecule has 1 aliphatic carbocycles. The first-order chi connectivity index (χ1) is 8.93. The first-order valence-corrected chi connectivity index (χ1v) is 8.09. The zero-order valence-electron chi connectivity index (χ0n) is 11.4. The van der Waals surface area contributed by atoms with Crippen molar-refractivity contribution in [2.24, 2.45) is 5.92 Å². The molecule has 0 atom stereocenters. The van der Waals surface area contributed by atoms with Crippen molar-refractivity contribution < 1.29 is 8.42 Å². The van der Waals surface area contributed by atoms with Gasteiger partial charge in [-0.25, -0.2) is 13.4 Å². The molecule has 1 aromatic rings. The van der Waals surface area contributed by atoms with E-state index in [1.54, 1.807) is 16.4 Å². The highest BCUT2D eigenvalue weighted by Crippen LogP contribution is 2.33. The van der Waals surface area contributed by atoms with Gasteiger partial charge in [0.25, 0.3) is 10.0 Å². The fourth-order valence-corrected chi connectivity index (χ4v) is 3.71. The van der Waals surface area contributed by atoms with E-state index in [2.05, 4.69) is 18.8 Å². The highest BCUT2D eigenvalue weighted by molar-refractivity contribution is 7.89. The highest BCUT2D eigenvalue weighted by atomic mass is 32.2. The Morgan fingerprint density at radius 3 is 2.68 bits per heavy atom. The Kier molecular flexibility index (Phi) is 4.10. The lowest BCUT2D eigenvalue weighted by Crippen LogP contribution is -2.35. The molecular weight excluding hydrogens is 262 g/mol. The quantitative estimate of drug-likeness (QED) is 0.864. The second kappa shape index (κ2) is 5.46. The maximum atomic E-state index is 12.6. The first-order valence-electron chi connectivity index (χ1n) is 6.65. The summed E-state index contributed by atoms with van der Waals surface area (Å²) in [5.41, 5.74) is 5.97. The average molecular weight is 283 g/mol. The number of pyridine rings is 1. The van der Waals surface area contributed by atoms with Crippen LogP contribution in [0.3, 0.4) is 0 Å². The molecule has 1 aliphatic rings. The van der Waals surface area contributed by atoms with Gasteiger partial charge in [-0.05, 0) is 37.3 Å². The first kappa shape index (κ1) is 14.3. The SMILES string of the molecule is CC(C)CCN(C1CC1)S(=O)(=O)c1ncccc1N. The van der Waals surface area contributed by atoms with Gasteiger partial charge in [-0.15, -0.1) is 0 Å². The van der Waals surface area contributed by atoms with Crippen LogP contribution >= 0.6 is 0 Å². The molecule has 2 rings (SSSR count). The van der Waals surface area contributed by atoms with Gasteiger partial charge in [0.05, 0.1) is 5.69 Å². The summed E-state index contributed by atoms with van der Waals surface area (Å²) < 4.78 is 26.8. The molecule has 5 nitrogen and oxygen atoms in total. The zero-order valence-corrected chi connectivity index (χ0v) is 12.2. The van der Waals surface area contributed by atoms with Crippen LogP contribution < -0.4 is 5.73 Å². The van der Waals surface area contributed by atoms with Crippen LogP contribution in [0.15, 0.2) is 23.4 Å². The minimum absolute atomic E-state index is 0.00865. The van der Waals surface area contributed by atoms with E-state index in [1.165, 1.54) is 6.20 Å². The Bertz CT molecular complexity index is 539. The smallest absolute Gasteiger partial charge is 0.262 e. The number of nitrogen functional groups attached to an aromatic ring is 1. The van der Waals surface area contributed by atoms with E-state index >= 15 is 0 Å². The minimum Gasteiger partial charge on any atom is -0.396 e. The fraction of sp³-hybridized carbons (Fsp3) is 0.615. The Hall–Kier alpha value is -1.14. The fourth-order valence-electron chi connectivity index (χ4n) is 1.98. The number of aromatic nitrogens is 1. The van der Waals surface area contributed by atoms with E-state index in [0.29, 0.717) is 12.5 Å². The highest BCUT2D eigenvalue weighted by Gasteiger charge is 2.39. The number of nitrogens with two attached hydrogens (primary N) is 1. The molecule has 0 spiro atoms. The van der Waals surface area contributed by atoms with Gasteiger partial charge >= 0.3 is 0 Å². The Morgan fingerprint density at radius 2 is 2.16 bits per heavy atom. The maximum Gasteiger partial charge on any atom is 0.262 e. The van der Waals surface area contributed by atoms with E-state index < -0.39 is 10.0 Å². The van der Waals surface area contributed by atoms with Crippen LogP contribution in [0.25, 0.3) is 0 Å². The molecule has 0 amide bonds. The third-order valence-corrected chi connectivity index (χ3v) is 5.16. The van der Waals surface area contributed by atoms with Crippen LogP contribution in [0.2, 0.25) is 0 Å². The van der Waals surface area contributed by atoms with Crippen molar-refractivity contribution in [1.82, 2.24) is 9.29 Å². The zero-order chi connectivity index (χ0) is 14.0. The molecule has 2 N–H and O–H groups in total. The van der Waals surface area contributed by atoms with Crippen LogP contribution in [0.4, 0.5) is 5.69 Å². The van der Waals surface area contributed by atoms with Gasteiger partial charge in [0.15, 0.2) is 5.03 Å². The van der Waals surface area contributed by atoms with Crippen LogP contribution in [-0.2, 0) is 10.0 Å². The summed E-state index contributed by atoms with van der Waals surface area (Å²) in [7, 11) is -3.57. The largest absolute Gasteiger partial charge is 0.396 e. The van der Waals surface area contributed by atoms with E-state index in [0.717, 1.165) is 19.3 Å². The molecule has 1 saturated carbocycles. The average Bonchev–Trinajstić information content (AvgIpc) is 3.13. The number of hydrogen-bond acceptors (Lipinski definition) is 4. The standard InChI is InChI=1S/C13H21N3O2S/c1-10(2)7-9-16(11-5-6-11)19(17,18)13-12(14)4-3-8-15-13/h3-4,8,10-11H,5-7,9,14H2,1-2H3. The maximum absolute atomic E-state index is 12.6. The summed E-state index contributed by atoms with van der Waals surface area (Å²) in [6.07, 6.45) is 4.19. The molecule has 0 unspecified atom stereocenters. The van der Waals surface area contributed by atoms with Crippen LogP contribution in [0.5, 0.6) is 0 Å². The van der Waals surface area contributed by atoms with Crippen molar-refractivity contribution in [2.75, 3.05) is 12.3 Å². The lowest BCUT2D eigenvalue weighted by atomic mass is 10.1. The van der Waals surface area contributed by atoms with Gasteiger partial charge < -0.3 is 5.73 Å². The summed E-state index contributed by atoms with van der Waals surface area (Å²) >= 11 is 0. The third-order valence-electron chi connectivity index (χ3n) is 3.23. The molecular formula is C13H21N3O2S. The minimum atomic E-state index is -3.57. The monoisotopic (exact) mass is 283 g/mol. The molecule has 1 fully saturated rings. The number of nitrogens with zero attached hydrogens (tertiary/aromatic N) is 2. The second-order valence-corrected chi connectivity index (χ2v) is 7.23. The molecule has 19 heavy (non-hydrogen) atoms. The molecule has 0 aliphatic heterocycles. The predicted molar refractivity (Wildman–Crippen MR) is 75.0 cm³/mol. The van der Waals surface area contributed by atoms with Gasteiger partial charge in [-0.1, -0.05) is 13.8 Å². The van der Waals surface area contributed by atoms with E-state index in [-0.39, 0.29) is 16.8 Å². The van der Waals surface area contributed by atoms with Crippen LogP contribution in [-0.4, -0.2) is 30.3 Å². The van der Waals surface area contributed by atoms with Crippen molar-refractivity contribution in [1.29, 1.82) is 0 Å². The molecule has 0 bridgehead atoms. The summed E-state index contributed by atoms with van der Waals surface area (Å²) in [6.45, 7) is 4.72. The lowest BCUT2D eigenvalue weighted by Gasteiger charge is -2.22. The second-order valence-electron chi connectivity index (χ2n) is 5.43. The predicted octanol–water partition coefficient (Wildman–Crippen LogP) is 1.86. The number of sulfonamides is 1. The van der Waals surface area contributed by atoms with Gasteiger partial charge in [-0.3, -0.25) is 0 Å². The molecule has 6 heteroatoms. The molecule has 0 radical (unpaired) electrons. The molecule has 1 heterocycles. The summed E-state index contributed by atoms with van der Waals surface area (Å²) in [5, 5.41) is -0.00865. The normalized spacial score (nSPS) is 16.2. The summed E-state index contributed by atoms with van der Waals surface area (Å²) in [4.78, 5) is 3.95. The molecule has 0 aromatic carbocycles. The topological polar surface area (TPSA) is 76.3 Å². The van der Waals surface area contributed by atoms with Crippen molar-refractivity contribution in [3.05, 3.63) is 18.3 Å². The van der Waals surface area contributed by atoms with Gasteiger partial charge in [0, 0.05) is 18.8 Å². The van der Waals surface area contributed by atoms with E-state index in [9.17, 15) is 8.42 Å². The van der Waals surface area contributed by atoms with Crippen LogP contribution in [0.1, 0.15) is 33.1 Å². The van der Waals surface area contributed by atoms with Gasteiger partial charge in [0.1, 0.15) is 0 Å². The lowest BCUT2D eigenvalue weighted by molar-refractivity contribution is 0.372.